The highest BCUT2D eigenvalue weighted by atomic mass is 79.9. The standard InChI is InChI=1S/C16H19BrO5/c1-16(2,3)22-14(18)7-6-10-8-13(20-4)11(9-12(10)17)15(19)21-5/h6-9H,1-5H3. The van der Waals surface area contributed by atoms with E-state index >= 15 is 0 Å². The predicted molar refractivity (Wildman–Crippen MR) is 86.9 cm³/mol. The van der Waals surface area contributed by atoms with Crippen LogP contribution in [0.15, 0.2) is 22.7 Å². The number of methoxy groups -OCH3 is 2. The molecule has 6 heteroatoms. The van der Waals surface area contributed by atoms with Gasteiger partial charge in [0, 0.05) is 10.5 Å². The Labute approximate surface area is 138 Å². The number of rotatable bonds is 4. The molecule has 0 spiro atoms. The summed E-state index contributed by atoms with van der Waals surface area (Å²) in [6.07, 6.45) is 2.91. The van der Waals surface area contributed by atoms with Crippen molar-refractivity contribution in [1.82, 2.24) is 0 Å². The first-order chi connectivity index (χ1) is 10.2. The van der Waals surface area contributed by atoms with Crippen molar-refractivity contribution >= 4 is 33.9 Å². The molecule has 0 heterocycles. The number of carbonyl (C=O) groups is 2. The molecule has 1 rings (SSSR count). The molecule has 0 amide bonds. The zero-order valence-corrected chi connectivity index (χ0v) is 14.8. The average molecular weight is 371 g/mol. The van der Waals surface area contributed by atoms with Crippen molar-refractivity contribution in [2.75, 3.05) is 14.2 Å². The summed E-state index contributed by atoms with van der Waals surface area (Å²) in [7, 11) is 2.75. The number of carbonyl (C=O) groups excluding carboxylic acids is 2. The van der Waals surface area contributed by atoms with E-state index in [4.69, 9.17) is 14.2 Å². The molecule has 0 aliphatic heterocycles. The van der Waals surface area contributed by atoms with Crippen molar-refractivity contribution in [1.29, 1.82) is 0 Å². The summed E-state index contributed by atoms with van der Waals surface area (Å²) in [4.78, 5) is 23.4. The van der Waals surface area contributed by atoms with Crippen molar-refractivity contribution in [3.8, 4) is 5.75 Å². The van der Waals surface area contributed by atoms with Gasteiger partial charge >= 0.3 is 11.9 Å². The van der Waals surface area contributed by atoms with E-state index in [0.29, 0.717) is 21.3 Å². The van der Waals surface area contributed by atoms with Crippen LogP contribution in [0, 0.1) is 0 Å². The van der Waals surface area contributed by atoms with Crippen LogP contribution in [0.25, 0.3) is 6.08 Å². The Kier molecular flexibility index (Phi) is 6.17. The maximum absolute atomic E-state index is 11.7. The number of halogens is 1. The smallest absolute Gasteiger partial charge is 0.341 e. The van der Waals surface area contributed by atoms with Gasteiger partial charge in [-0.2, -0.15) is 0 Å². The third kappa shape index (κ3) is 5.18. The molecule has 0 aliphatic rings. The van der Waals surface area contributed by atoms with E-state index in [9.17, 15) is 9.59 Å². The lowest BCUT2D eigenvalue weighted by Crippen LogP contribution is -2.22. The molecular weight excluding hydrogens is 352 g/mol. The number of benzene rings is 1. The molecule has 0 unspecified atom stereocenters. The topological polar surface area (TPSA) is 61.8 Å². The van der Waals surface area contributed by atoms with Gasteiger partial charge in [-0.05, 0) is 44.5 Å². The lowest BCUT2D eigenvalue weighted by molar-refractivity contribution is -0.148. The Hall–Kier alpha value is -1.82. The molecule has 1 aromatic carbocycles. The number of ether oxygens (including phenoxy) is 3. The first-order valence-corrected chi connectivity index (χ1v) is 7.34. The van der Waals surface area contributed by atoms with E-state index in [1.165, 1.54) is 20.3 Å². The molecule has 22 heavy (non-hydrogen) atoms. The summed E-state index contributed by atoms with van der Waals surface area (Å²) in [6, 6.07) is 3.22. The summed E-state index contributed by atoms with van der Waals surface area (Å²) in [6.45, 7) is 5.38. The van der Waals surface area contributed by atoms with Crippen molar-refractivity contribution in [2.45, 2.75) is 26.4 Å². The number of hydrogen-bond donors (Lipinski definition) is 0. The van der Waals surface area contributed by atoms with Crippen LogP contribution in [-0.2, 0) is 14.3 Å². The molecule has 120 valence electrons. The maximum Gasteiger partial charge on any atom is 0.341 e. The fourth-order valence-electron chi connectivity index (χ4n) is 1.63. The third-order valence-electron chi connectivity index (χ3n) is 2.53. The van der Waals surface area contributed by atoms with E-state index in [1.807, 2.05) is 0 Å². The van der Waals surface area contributed by atoms with Gasteiger partial charge in [0.1, 0.15) is 16.9 Å². The Morgan fingerprint density at radius 3 is 2.32 bits per heavy atom. The maximum atomic E-state index is 11.7. The van der Waals surface area contributed by atoms with E-state index < -0.39 is 17.5 Å². The minimum atomic E-state index is -0.551. The van der Waals surface area contributed by atoms with E-state index in [2.05, 4.69) is 15.9 Å². The van der Waals surface area contributed by atoms with Gasteiger partial charge in [0.2, 0.25) is 0 Å². The van der Waals surface area contributed by atoms with Crippen LogP contribution in [-0.4, -0.2) is 31.8 Å². The molecule has 0 bridgehead atoms. The highest BCUT2D eigenvalue weighted by molar-refractivity contribution is 9.10. The zero-order chi connectivity index (χ0) is 16.9. The summed E-state index contributed by atoms with van der Waals surface area (Å²) in [5.41, 5.74) is 0.423. The van der Waals surface area contributed by atoms with Crippen LogP contribution >= 0.6 is 15.9 Å². The van der Waals surface area contributed by atoms with Crippen molar-refractivity contribution in [3.05, 3.63) is 33.8 Å². The molecular formula is C16H19BrO5. The van der Waals surface area contributed by atoms with E-state index in [1.54, 1.807) is 39.0 Å². The molecule has 0 fully saturated rings. The molecule has 0 radical (unpaired) electrons. The fraction of sp³-hybridized carbons (Fsp3) is 0.375. The quantitative estimate of drug-likeness (QED) is 0.598. The SMILES string of the molecule is COC(=O)c1cc(Br)c(C=CC(=O)OC(C)(C)C)cc1OC. The highest BCUT2D eigenvalue weighted by Crippen LogP contribution is 2.29. The van der Waals surface area contributed by atoms with Gasteiger partial charge in [0.25, 0.3) is 0 Å². The van der Waals surface area contributed by atoms with Crippen molar-refractivity contribution < 1.29 is 23.8 Å². The molecule has 0 aromatic heterocycles. The predicted octanol–water partition coefficient (Wildman–Crippen LogP) is 3.60. The van der Waals surface area contributed by atoms with Crippen LogP contribution in [0.5, 0.6) is 5.75 Å². The van der Waals surface area contributed by atoms with Crippen molar-refractivity contribution in [2.24, 2.45) is 0 Å². The Bertz CT molecular complexity index is 599. The number of esters is 2. The average Bonchev–Trinajstić information content (AvgIpc) is 2.42. The Morgan fingerprint density at radius 1 is 1.18 bits per heavy atom. The largest absolute Gasteiger partial charge is 0.496 e. The Morgan fingerprint density at radius 2 is 1.82 bits per heavy atom. The summed E-state index contributed by atoms with van der Waals surface area (Å²) >= 11 is 3.35. The van der Waals surface area contributed by atoms with Gasteiger partial charge in [0.05, 0.1) is 14.2 Å². The Balaban J connectivity index is 3.06. The molecule has 0 saturated carbocycles. The second-order valence-electron chi connectivity index (χ2n) is 5.43. The fourth-order valence-corrected chi connectivity index (χ4v) is 2.10. The monoisotopic (exact) mass is 370 g/mol. The van der Waals surface area contributed by atoms with Crippen LogP contribution in [0.2, 0.25) is 0 Å². The normalized spacial score (nSPS) is 11.4. The summed E-state index contributed by atoms with van der Waals surface area (Å²) in [5.74, 6) is -0.588. The van der Waals surface area contributed by atoms with E-state index in [0.717, 1.165) is 0 Å². The van der Waals surface area contributed by atoms with Crippen LogP contribution < -0.4 is 4.74 Å². The third-order valence-corrected chi connectivity index (χ3v) is 3.22. The van der Waals surface area contributed by atoms with Gasteiger partial charge in [-0.25, -0.2) is 9.59 Å². The summed E-state index contributed by atoms with van der Waals surface area (Å²) < 4.78 is 15.7. The minimum absolute atomic E-state index is 0.297. The van der Waals surface area contributed by atoms with E-state index in [-0.39, 0.29) is 0 Å². The van der Waals surface area contributed by atoms with Crippen molar-refractivity contribution in [3.63, 3.8) is 0 Å². The first kappa shape index (κ1) is 18.2. The lowest BCUT2D eigenvalue weighted by Gasteiger charge is -2.18. The molecule has 1 aromatic rings. The number of hydrogen-bond acceptors (Lipinski definition) is 5. The second kappa shape index (κ2) is 7.45. The van der Waals surface area contributed by atoms with Crippen LogP contribution in [0.4, 0.5) is 0 Å². The van der Waals surface area contributed by atoms with Gasteiger partial charge in [-0.3, -0.25) is 0 Å². The van der Waals surface area contributed by atoms with Gasteiger partial charge in [0.15, 0.2) is 0 Å². The minimum Gasteiger partial charge on any atom is -0.496 e. The zero-order valence-electron chi connectivity index (χ0n) is 13.2. The molecule has 5 nitrogen and oxygen atoms in total. The lowest BCUT2D eigenvalue weighted by atomic mass is 10.1. The summed E-state index contributed by atoms with van der Waals surface area (Å²) in [5, 5.41) is 0. The van der Waals surface area contributed by atoms with Gasteiger partial charge in [-0.1, -0.05) is 15.9 Å². The highest BCUT2D eigenvalue weighted by Gasteiger charge is 2.16. The van der Waals surface area contributed by atoms with Crippen LogP contribution in [0.1, 0.15) is 36.7 Å². The van der Waals surface area contributed by atoms with Crippen LogP contribution in [0.3, 0.4) is 0 Å². The van der Waals surface area contributed by atoms with Gasteiger partial charge in [-0.15, -0.1) is 0 Å². The molecule has 0 aliphatic carbocycles. The molecule has 0 N–H and O–H groups in total. The first-order valence-electron chi connectivity index (χ1n) is 6.55. The molecule has 0 saturated heterocycles. The van der Waals surface area contributed by atoms with Gasteiger partial charge < -0.3 is 14.2 Å². The second-order valence-corrected chi connectivity index (χ2v) is 6.29. The molecule has 0 atom stereocenters.